The van der Waals surface area contributed by atoms with Crippen molar-refractivity contribution in [3.05, 3.63) is 102 Å². The number of carbonyl (C=O) groups excluding carboxylic acids is 4. The zero-order valence-electron chi connectivity index (χ0n) is 24.6. The molecule has 3 aromatic rings. The molecular formula is C34H35N3O7. The number of carbonyl (C=O) groups is 4. The van der Waals surface area contributed by atoms with Crippen LogP contribution in [-0.2, 0) is 36.1 Å². The minimum Gasteiger partial charge on any atom is -0.441 e. The van der Waals surface area contributed by atoms with Crippen molar-refractivity contribution in [2.24, 2.45) is 5.92 Å². The zero-order valence-corrected chi connectivity index (χ0v) is 24.6. The molecule has 0 radical (unpaired) electrons. The summed E-state index contributed by atoms with van der Waals surface area (Å²) in [5.74, 6) is -2.33. The maximum Gasteiger partial charge on any atom is 0.304 e. The van der Waals surface area contributed by atoms with Crippen molar-refractivity contribution in [2.75, 3.05) is 23.0 Å². The highest BCUT2D eigenvalue weighted by molar-refractivity contribution is 6.13. The Morgan fingerprint density at radius 1 is 1.05 bits per heavy atom. The summed E-state index contributed by atoms with van der Waals surface area (Å²) in [6.07, 6.45) is 2.54. The number of aliphatic hydroxyl groups is 2. The van der Waals surface area contributed by atoms with Crippen molar-refractivity contribution in [2.45, 2.75) is 45.1 Å². The molecule has 1 fully saturated rings. The summed E-state index contributed by atoms with van der Waals surface area (Å²) < 4.78 is 5.27. The van der Waals surface area contributed by atoms with E-state index in [9.17, 15) is 29.4 Å². The second kappa shape index (κ2) is 12.8. The fourth-order valence-electron chi connectivity index (χ4n) is 5.68. The Hall–Kier alpha value is -4.80. The first-order chi connectivity index (χ1) is 21.1. The van der Waals surface area contributed by atoms with Crippen molar-refractivity contribution < 1.29 is 34.1 Å². The number of fused-ring (bicyclic) bond motifs is 1. The van der Waals surface area contributed by atoms with Gasteiger partial charge in [-0.05, 0) is 35.9 Å². The first-order valence-corrected chi connectivity index (χ1v) is 14.5. The lowest BCUT2D eigenvalue weighted by atomic mass is 9.82. The first kappa shape index (κ1) is 30.7. The normalized spacial score (nSPS) is 20.0. The van der Waals surface area contributed by atoms with Crippen molar-refractivity contribution in [3.63, 3.8) is 0 Å². The predicted molar refractivity (Wildman–Crippen MR) is 163 cm³/mol. The van der Waals surface area contributed by atoms with Crippen LogP contribution >= 0.6 is 0 Å². The van der Waals surface area contributed by atoms with E-state index in [0.717, 1.165) is 5.56 Å². The van der Waals surface area contributed by atoms with Crippen molar-refractivity contribution in [3.8, 4) is 0 Å². The Labute approximate surface area is 255 Å². The number of amides is 3. The molecule has 2 aliphatic rings. The van der Waals surface area contributed by atoms with Crippen LogP contribution in [0.5, 0.6) is 0 Å². The molecule has 1 unspecified atom stereocenters. The minimum absolute atomic E-state index is 0.00306. The summed E-state index contributed by atoms with van der Waals surface area (Å²) in [7, 11) is 0. The van der Waals surface area contributed by atoms with E-state index in [-0.39, 0.29) is 37.8 Å². The Balaban J connectivity index is 1.43. The SMILES string of the molecule is CC(=O)OC1CC(=O)N1c1ccc2c(c1)[C@@](O)([C@H](C)/C=C/CC(=O)N(CCO)Cc1ccccc1)C(=O)N2c1ccccc1. The van der Waals surface area contributed by atoms with Gasteiger partial charge in [0.2, 0.25) is 11.8 Å². The minimum atomic E-state index is -2.03. The van der Waals surface area contributed by atoms with Crippen LogP contribution in [0.3, 0.4) is 0 Å². The molecule has 44 heavy (non-hydrogen) atoms. The monoisotopic (exact) mass is 597 g/mol. The smallest absolute Gasteiger partial charge is 0.304 e. The van der Waals surface area contributed by atoms with E-state index in [1.165, 1.54) is 16.7 Å². The Bertz CT molecular complexity index is 1580. The third-order valence-electron chi connectivity index (χ3n) is 7.98. The predicted octanol–water partition coefficient (Wildman–Crippen LogP) is 3.78. The lowest BCUT2D eigenvalue weighted by molar-refractivity contribution is -0.154. The van der Waals surface area contributed by atoms with Crippen LogP contribution in [0.15, 0.2) is 91.0 Å². The van der Waals surface area contributed by atoms with Gasteiger partial charge in [-0.15, -0.1) is 0 Å². The van der Waals surface area contributed by atoms with Crippen LogP contribution in [0.1, 0.15) is 37.8 Å². The molecule has 10 nitrogen and oxygen atoms in total. The molecule has 1 saturated heterocycles. The quantitative estimate of drug-likeness (QED) is 0.196. The van der Waals surface area contributed by atoms with Crippen LogP contribution in [0, 0.1) is 5.92 Å². The lowest BCUT2D eigenvalue weighted by Crippen LogP contribution is -2.55. The number of ether oxygens (including phenoxy) is 1. The van der Waals surface area contributed by atoms with Gasteiger partial charge in [0.15, 0.2) is 11.8 Å². The lowest BCUT2D eigenvalue weighted by Gasteiger charge is -2.39. The van der Waals surface area contributed by atoms with E-state index in [1.54, 1.807) is 66.4 Å². The third-order valence-corrected chi connectivity index (χ3v) is 7.98. The van der Waals surface area contributed by atoms with Crippen LogP contribution in [-0.4, -0.2) is 58.2 Å². The number of anilines is 3. The molecular weight excluding hydrogens is 562 g/mol. The summed E-state index contributed by atoms with van der Waals surface area (Å²) >= 11 is 0. The first-order valence-electron chi connectivity index (χ1n) is 14.5. The van der Waals surface area contributed by atoms with Crippen molar-refractivity contribution in [1.29, 1.82) is 0 Å². The maximum atomic E-state index is 14.0. The number of hydrogen-bond donors (Lipinski definition) is 2. The molecule has 10 heteroatoms. The Morgan fingerprint density at radius 3 is 2.36 bits per heavy atom. The molecule has 2 heterocycles. The number of esters is 1. The second-order valence-corrected chi connectivity index (χ2v) is 10.9. The molecule has 2 N–H and O–H groups in total. The number of aliphatic hydroxyl groups excluding tert-OH is 1. The highest BCUT2D eigenvalue weighted by Gasteiger charge is 2.54. The van der Waals surface area contributed by atoms with Crippen LogP contribution in [0.25, 0.3) is 0 Å². The van der Waals surface area contributed by atoms with Gasteiger partial charge in [0, 0.05) is 49.3 Å². The Morgan fingerprint density at radius 2 is 1.73 bits per heavy atom. The van der Waals surface area contributed by atoms with Gasteiger partial charge in [-0.3, -0.25) is 29.0 Å². The van der Waals surface area contributed by atoms with Crippen molar-refractivity contribution in [1.82, 2.24) is 4.90 Å². The molecule has 0 saturated carbocycles. The maximum absolute atomic E-state index is 14.0. The van der Waals surface area contributed by atoms with Gasteiger partial charge < -0.3 is 19.8 Å². The molecule has 3 amide bonds. The molecule has 3 atom stereocenters. The number of benzene rings is 3. The molecule has 0 spiro atoms. The van der Waals surface area contributed by atoms with E-state index in [2.05, 4.69) is 0 Å². The van der Waals surface area contributed by atoms with E-state index < -0.39 is 29.6 Å². The summed E-state index contributed by atoms with van der Waals surface area (Å²) in [6.45, 7) is 3.29. The van der Waals surface area contributed by atoms with Crippen LogP contribution < -0.4 is 9.80 Å². The number of nitrogens with zero attached hydrogens (tertiary/aromatic N) is 3. The van der Waals surface area contributed by atoms with E-state index in [0.29, 0.717) is 29.2 Å². The third kappa shape index (κ3) is 5.86. The molecule has 0 bridgehead atoms. The van der Waals surface area contributed by atoms with Crippen LogP contribution in [0.4, 0.5) is 17.1 Å². The molecule has 228 valence electrons. The molecule has 0 aromatic heterocycles. The summed E-state index contributed by atoms with van der Waals surface area (Å²) in [6, 6.07) is 23.3. The summed E-state index contributed by atoms with van der Waals surface area (Å²) in [5, 5.41) is 21.7. The van der Waals surface area contributed by atoms with Gasteiger partial charge in [0.1, 0.15) is 0 Å². The van der Waals surface area contributed by atoms with E-state index >= 15 is 0 Å². The average Bonchev–Trinajstić information content (AvgIpc) is 3.23. The van der Waals surface area contributed by atoms with Gasteiger partial charge in [-0.25, -0.2) is 0 Å². The highest BCUT2D eigenvalue weighted by Crippen LogP contribution is 2.50. The molecule has 3 aromatic carbocycles. The zero-order chi connectivity index (χ0) is 31.4. The standard InChI is InChI=1S/C34H35N3O7/c1-23(10-9-15-30(40)35(18-19-38)22-25-11-5-3-6-12-25)34(43)28-20-27(37-31(41)21-32(37)44-24(2)39)16-17-29(28)36(33(34)42)26-13-7-4-8-14-26/h3-14,16-17,20,23,32,38,43H,15,18-19,21-22H2,1-2H3/b10-9+/t23-,32?,34+/m1/s1. The average molecular weight is 598 g/mol. The van der Waals surface area contributed by atoms with Gasteiger partial charge in [-0.2, -0.15) is 0 Å². The number of rotatable bonds is 11. The Kier molecular flexibility index (Phi) is 8.93. The number of para-hydroxylation sites is 1. The molecule has 5 rings (SSSR count). The fourth-order valence-corrected chi connectivity index (χ4v) is 5.68. The van der Waals surface area contributed by atoms with E-state index in [1.807, 2.05) is 36.4 Å². The topological polar surface area (TPSA) is 128 Å². The fraction of sp³-hybridized carbons (Fsp3) is 0.294. The molecule has 0 aliphatic carbocycles. The highest BCUT2D eigenvalue weighted by atomic mass is 16.6. The van der Waals surface area contributed by atoms with E-state index in [4.69, 9.17) is 4.74 Å². The van der Waals surface area contributed by atoms with Gasteiger partial charge in [0.25, 0.3) is 5.91 Å². The van der Waals surface area contributed by atoms with Gasteiger partial charge >= 0.3 is 5.97 Å². The summed E-state index contributed by atoms with van der Waals surface area (Å²) in [4.78, 5) is 55.5. The number of hydrogen-bond acceptors (Lipinski definition) is 7. The van der Waals surface area contributed by atoms with Crippen molar-refractivity contribution >= 4 is 40.8 Å². The van der Waals surface area contributed by atoms with Gasteiger partial charge in [0.05, 0.1) is 18.7 Å². The van der Waals surface area contributed by atoms with Crippen LogP contribution in [0.2, 0.25) is 0 Å². The molecule has 2 aliphatic heterocycles. The summed E-state index contributed by atoms with van der Waals surface area (Å²) in [5.41, 5.74) is 0.604. The second-order valence-electron chi connectivity index (χ2n) is 10.9. The van der Waals surface area contributed by atoms with Gasteiger partial charge in [-0.1, -0.05) is 67.6 Å². The number of β-lactam (4-membered cyclic amide) rings is 1. The largest absolute Gasteiger partial charge is 0.441 e.